The summed E-state index contributed by atoms with van der Waals surface area (Å²) in [5.74, 6) is 0.228. The average Bonchev–Trinajstić information content (AvgIpc) is 2.92. The van der Waals surface area contributed by atoms with Gasteiger partial charge in [-0.3, -0.25) is 9.69 Å². The topological polar surface area (TPSA) is 44.4 Å². The molecule has 1 heterocycles. The maximum Gasteiger partial charge on any atom is 0.234 e. The van der Waals surface area contributed by atoms with Crippen LogP contribution in [0.5, 0.6) is 0 Å². The van der Waals surface area contributed by atoms with E-state index in [1.807, 2.05) is 0 Å². The van der Waals surface area contributed by atoms with Crippen molar-refractivity contribution in [1.82, 2.24) is 15.5 Å². The molecule has 2 N–H and O–H groups in total. The number of hydrogen-bond donors (Lipinski definition) is 2. The minimum atomic E-state index is 0.228. The van der Waals surface area contributed by atoms with E-state index < -0.39 is 0 Å². The normalized spacial score (nSPS) is 24.8. The molecule has 0 aromatic carbocycles. The van der Waals surface area contributed by atoms with E-state index in [1.165, 1.54) is 38.5 Å². The molecule has 4 heteroatoms. The van der Waals surface area contributed by atoms with Crippen molar-refractivity contribution in [2.45, 2.75) is 64.0 Å². The molecule has 0 aromatic rings. The van der Waals surface area contributed by atoms with Crippen molar-refractivity contribution in [3.63, 3.8) is 0 Å². The summed E-state index contributed by atoms with van der Waals surface area (Å²) in [6.45, 7) is 5.97. The summed E-state index contributed by atoms with van der Waals surface area (Å²) < 4.78 is 0. The van der Waals surface area contributed by atoms with Crippen LogP contribution in [-0.4, -0.2) is 49.1 Å². The highest BCUT2D eigenvalue weighted by atomic mass is 16.2. The maximum absolute atomic E-state index is 12.2. The third-order valence-corrected chi connectivity index (χ3v) is 4.37. The summed E-state index contributed by atoms with van der Waals surface area (Å²) in [6, 6.07) is 0.989. The molecular formula is C15H29N3O. The van der Waals surface area contributed by atoms with Gasteiger partial charge in [0.2, 0.25) is 5.91 Å². The van der Waals surface area contributed by atoms with Crippen LogP contribution in [0.25, 0.3) is 0 Å². The van der Waals surface area contributed by atoms with E-state index in [-0.39, 0.29) is 5.91 Å². The van der Waals surface area contributed by atoms with Gasteiger partial charge < -0.3 is 10.6 Å². The van der Waals surface area contributed by atoms with Crippen LogP contribution in [0.4, 0.5) is 0 Å². The predicted molar refractivity (Wildman–Crippen MR) is 78.2 cm³/mol. The lowest BCUT2D eigenvalue weighted by molar-refractivity contribution is -0.123. The molecule has 0 radical (unpaired) electrons. The number of rotatable bonds is 6. The molecule has 0 bridgehead atoms. The molecule has 0 spiro atoms. The van der Waals surface area contributed by atoms with Crippen LogP contribution in [0, 0.1) is 0 Å². The number of nitrogens with one attached hydrogen (secondary N) is 2. The third kappa shape index (κ3) is 4.77. The fourth-order valence-corrected chi connectivity index (χ4v) is 3.35. The highest BCUT2D eigenvalue weighted by molar-refractivity contribution is 5.78. The van der Waals surface area contributed by atoms with Gasteiger partial charge in [-0.15, -0.1) is 0 Å². The Balaban J connectivity index is 1.78. The number of piperidine rings is 1. The molecule has 1 unspecified atom stereocenters. The van der Waals surface area contributed by atoms with Crippen LogP contribution >= 0.6 is 0 Å². The number of amides is 1. The lowest BCUT2D eigenvalue weighted by atomic mass is 10.1. The number of nitrogens with zero attached hydrogens (tertiary/aromatic N) is 1. The van der Waals surface area contributed by atoms with Gasteiger partial charge in [0, 0.05) is 18.6 Å². The fraction of sp³-hybridized carbons (Fsp3) is 0.933. The van der Waals surface area contributed by atoms with E-state index >= 15 is 0 Å². The lowest BCUT2D eigenvalue weighted by Crippen LogP contribution is -2.50. The molecular weight excluding hydrogens is 238 g/mol. The first-order valence-electron chi connectivity index (χ1n) is 8.03. The Labute approximate surface area is 117 Å². The highest BCUT2D eigenvalue weighted by Crippen LogP contribution is 2.17. The van der Waals surface area contributed by atoms with E-state index in [0.29, 0.717) is 18.6 Å². The Morgan fingerprint density at radius 2 is 2.05 bits per heavy atom. The van der Waals surface area contributed by atoms with Crippen molar-refractivity contribution in [3.05, 3.63) is 0 Å². The molecule has 1 aliphatic carbocycles. The van der Waals surface area contributed by atoms with Crippen LogP contribution < -0.4 is 10.6 Å². The number of carbonyl (C=O) groups is 1. The van der Waals surface area contributed by atoms with Crippen molar-refractivity contribution >= 4 is 5.91 Å². The quantitative estimate of drug-likeness (QED) is 0.767. The van der Waals surface area contributed by atoms with Crippen LogP contribution in [-0.2, 0) is 4.79 Å². The van der Waals surface area contributed by atoms with Gasteiger partial charge in [-0.1, -0.05) is 19.8 Å². The standard InChI is InChI=1S/C15H29N3O/c1-2-10-18(14-8-5-9-16-11-14)12-15(19)17-13-6-3-4-7-13/h13-14,16H,2-12H2,1H3,(H,17,19). The minimum absolute atomic E-state index is 0.228. The van der Waals surface area contributed by atoms with Crippen molar-refractivity contribution in [1.29, 1.82) is 0 Å². The van der Waals surface area contributed by atoms with Gasteiger partial charge in [-0.2, -0.15) is 0 Å². The summed E-state index contributed by atoms with van der Waals surface area (Å²) in [5, 5.41) is 6.65. The molecule has 1 aliphatic heterocycles. The van der Waals surface area contributed by atoms with Gasteiger partial charge >= 0.3 is 0 Å². The molecule has 2 fully saturated rings. The zero-order valence-corrected chi connectivity index (χ0v) is 12.3. The second kappa shape index (κ2) is 7.85. The average molecular weight is 267 g/mol. The lowest BCUT2D eigenvalue weighted by Gasteiger charge is -2.34. The molecule has 4 nitrogen and oxygen atoms in total. The smallest absolute Gasteiger partial charge is 0.234 e. The SMILES string of the molecule is CCCN(CC(=O)NC1CCCC1)C1CCCNC1. The predicted octanol–water partition coefficient (Wildman–Crippen LogP) is 1.51. The van der Waals surface area contributed by atoms with Crippen LogP contribution in [0.1, 0.15) is 51.9 Å². The molecule has 2 aliphatic rings. The van der Waals surface area contributed by atoms with Crippen LogP contribution in [0.3, 0.4) is 0 Å². The van der Waals surface area contributed by atoms with Gasteiger partial charge in [-0.25, -0.2) is 0 Å². The molecule has 1 saturated carbocycles. The van der Waals surface area contributed by atoms with Crippen molar-refractivity contribution in [3.8, 4) is 0 Å². The third-order valence-electron chi connectivity index (χ3n) is 4.37. The van der Waals surface area contributed by atoms with Crippen molar-refractivity contribution in [2.75, 3.05) is 26.2 Å². The molecule has 19 heavy (non-hydrogen) atoms. The van der Waals surface area contributed by atoms with Crippen LogP contribution in [0.2, 0.25) is 0 Å². The number of hydrogen-bond acceptors (Lipinski definition) is 3. The summed E-state index contributed by atoms with van der Waals surface area (Å²) >= 11 is 0. The van der Waals surface area contributed by atoms with E-state index in [0.717, 1.165) is 26.1 Å². The maximum atomic E-state index is 12.2. The molecule has 0 aromatic heterocycles. The van der Waals surface area contributed by atoms with E-state index in [9.17, 15) is 4.79 Å². The number of carbonyl (C=O) groups excluding carboxylic acids is 1. The summed E-state index contributed by atoms with van der Waals surface area (Å²) in [7, 11) is 0. The Morgan fingerprint density at radius 1 is 1.26 bits per heavy atom. The Kier molecular flexibility index (Phi) is 6.11. The Hall–Kier alpha value is -0.610. The first kappa shape index (κ1) is 14.8. The van der Waals surface area contributed by atoms with Crippen LogP contribution in [0.15, 0.2) is 0 Å². The first-order chi connectivity index (χ1) is 9.29. The van der Waals surface area contributed by atoms with Crippen molar-refractivity contribution in [2.24, 2.45) is 0 Å². The largest absolute Gasteiger partial charge is 0.352 e. The van der Waals surface area contributed by atoms with E-state index in [4.69, 9.17) is 0 Å². The Morgan fingerprint density at radius 3 is 2.68 bits per heavy atom. The molecule has 1 saturated heterocycles. The van der Waals surface area contributed by atoms with E-state index in [1.54, 1.807) is 0 Å². The highest BCUT2D eigenvalue weighted by Gasteiger charge is 2.24. The second-order valence-corrected chi connectivity index (χ2v) is 6.02. The zero-order chi connectivity index (χ0) is 13.5. The van der Waals surface area contributed by atoms with Gasteiger partial charge in [0.1, 0.15) is 0 Å². The molecule has 2 rings (SSSR count). The fourth-order valence-electron chi connectivity index (χ4n) is 3.35. The van der Waals surface area contributed by atoms with Gasteiger partial charge in [0.05, 0.1) is 6.54 Å². The molecule has 110 valence electrons. The zero-order valence-electron chi connectivity index (χ0n) is 12.3. The molecule has 1 atom stereocenters. The van der Waals surface area contributed by atoms with Gasteiger partial charge in [0.25, 0.3) is 0 Å². The summed E-state index contributed by atoms with van der Waals surface area (Å²) in [5.41, 5.74) is 0. The minimum Gasteiger partial charge on any atom is -0.352 e. The first-order valence-corrected chi connectivity index (χ1v) is 8.03. The summed E-state index contributed by atoms with van der Waals surface area (Å²) in [6.07, 6.45) is 8.47. The van der Waals surface area contributed by atoms with Gasteiger partial charge in [-0.05, 0) is 45.2 Å². The van der Waals surface area contributed by atoms with E-state index in [2.05, 4.69) is 22.5 Å². The molecule has 1 amide bonds. The van der Waals surface area contributed by atoms with Crippen molar-refractivity contribution < 1.29 is 4.79 Å². The second-order valence-electron chi connectivity index (χ2n) is 6.02. The Bertz CT molecular complexity index is 271. The summed E-state index contributed by atoms with van der Waals surface area (Å²) in [4.78, 5) is 14.5. The van der Waals surface area contributed by atoms with Gasteiger partial charge in [0.15, 0.2) is 0 Å². The monoisotopic (exact) mass is 267 g/mol.